The number of hydrogen-bond donors (Lipinski definition) is 1. The van der Waals surface area contributed by atoms with Crippen molar-refractivity contribution in [1.29, 1.82) is 0 Å². The Balaban J connectivity index is 1.80. The summed E-state index contributed by atoms with van der Waals surface area (Å²) in [5.41, 5.74) is 0.383. The molecule has 2 fully saturated rings. The molecule has 1 N–H and O–H groups in total. The van der Waals surface area contributed by atoms with Gasteiger partial charge in [0.25, 0.3) is 0 Å². The number of hydrogen-bond acceptors (Lipinski definition) is 2. The third-order valence-corrected chi connectivity index (χ3v) is 5.22. The van der Waals surface area contributed by atoms with Crippen LogP contribution in [0, 0.1) is 11.3 Å². The lowest BCUT2D eigenvalue weighted by Crippen LogP contribution is -2.53. The van der Waals surface area contributed by atoms with Crippen molar-refractivity contribution in [1.82, 2.24) is 5.32 Å². The van der Waals surface area contributed by atoms with Crippen LogP contribution in [0.15, 0.2) is 0 Å². The lowest BCUT2D eigenvalue weighted by Gasteiger charge is -2.44. The summed E-state index contributed by atoms with van der Waals surface area (Å²) in [6.07, 6.45) is 11.2. The van der Waals surface area contributed by atoms with E-state index in [9.17, 15) is 0 Å². The van der Waals surface area contributed by atoms with E-state index < -0.39 is 0 Å². The van der Waals surface area contributed by atoms with Gasteiger partial charge in [0.15, 0.2) is 0 Å². The molecule has 19 heavy (non-hydrogen) atoms. The molecule has 2 saturated carbocycles. The monoisotopic (exact) mass is 267 g/mol. The van der Waals surface area contributed by atoms with Crippen molar-refractivity contribution in [2.75, 3.05) is 13.2 Å². The molecule has 2 aliphatic carbocycles. The highest BCUT2D eigenvalue weighted by molar-refractivity contribution is 4.94. The smallest absolute Gasteiger partial charge is 0.0733 e. The first-order chi connectivity index (χ1) is 9.13. The Hall–Kier alpha value is -0.0800. The van der Waals surface area contributed by atoms with Crippen LogP contribution in [0.4, 0.5) is 0 Å². The van der Waals surface area contributed by atoms with Gasteiger partial charge in [-0.1, -0.05) is 46.5 Å². The second kappa shape index (κ2) is 7.08. The van der Waals surface area contributed by atoms with Crippen molar-refractivity contribution in [3.63, 3.8) is 0 Å². The molecule has 2 atom stereocenters. The fourth-order valence-electron chi connectivity index (χ4n) is 3.64. The number of nitrogens with one attached hydrogen (secondary N) is 1. The van der Waals surface area contributed by atoms with Crippen LogP contribution < -0.4 is 5.32 Å². The zero-order valence-corrected chi connectivity index (χ0v) is 13.2. The second-order valence-corrected chi connectivity index (χ2v) is 7.31. The first-order valence-corrected chi connectivity index (χ1v) is 8.48. The summed E-state index contributed by atoms with van der Waals surface area (Å²) < 4.78 is 6.27. The summed E-state index contributed by atoms with van der Waals surface area (Å²) in [6.45, 7) is 9.16. The van der Waals surface area contributed by atoms with Gasteiger partial charge in [-0.25, -0.2) is 0 Å². The Labute approximate surface area is 119 Å². The minimum atomic E-state index is 0.383. The van der Waals surface area contributed by atoms with E-state index in [2.05, 4.69) is 26.1 Å². The van der Waals surface area contributed by atoms with Crippen molar-refractivity contribution in [2.24, 2.45) is 11.3 Å². The summed E-state index contributed by atoms with van der Waals surface area (Å²) in [5.74, 6) is 0.971. The minimum absolute atomic E-state index is 0.383. The Morgan fingerprint density at radius 1 is 1.16 bits per heavy atom. The first-order valence-electron chi connectivity index (χ1n) is 8.48. The van der Waals surface area contributed by atoms with E-state index in [1.165, 1.54) is 51.4 Å². The predicted molar refractivity (Wildman–Crippen MR) is 81.4 cm³/mol. The molecule has 0 aromatic carbocycles. The summed E-state index contributed by atoms with van der Waals surface area (Å²) in [4.78, 5) is 0. The fourth-order valence-corrected chi connectivity index (χ4v) is 3.64. The topological polar surface area (TPSA) is 21.3 Å². The van der Waals surface area contributed by atoms with E-state index in [0.717, 1.165) is 19.1 Å². The van der Waals surface area contributed by atoms with Crippen LogP contribution in [0.2, 0.25) is 0 Å². The molecule has 0 saturated heterocycles. The third-order valence-electron chi connectivity index (χ3n) is 5.22. The maximum absolute atomic E-state index is 6.27. The van der Waals surface area contributed by atoms with Crippen LogP contribution in [-0.2, 0) is 4.74 Å². The lowest BCUT2D eigenvalue weighted by atomic mass is 9.71. The van der Waals surface area contributed by atoms with Gasteiger partial charge < -0.3 is 10.1 Å². The van der Waals surface area contributed by atoms with E-state index in [0.29, 0.717) is 17.6 Å². The molecule has 0 heterocycles. The first kappa shape index (κ1) is 15.3. The van der Waals surface area contributed by atoms with E-state index in [1.807, 2.05) is 0 Å². The molecule has 112 valence electrons. The van der Waals surface area contributed by atoms with E-state index in [-0.39, 0.29) is 0 Å². The number of rotatable bonds is 7. The molecule has 2 rings (SSSR count). The highest BCUT2D eigenvalue weighted by atomic mass is 16.5. The molecule has 0 spiro atoms. The molecule has 0 radical (unpaired) electrons. The van der Waals surface area contributed by atoms with Gasteiger partial charge >= 0.3 is 0 Å². The van der Waals surface area contributed by atoms with Crippen molar-refractivity contribution in [3.05, 3.63) is 0 Å². The Kier molecular flexibility index (Phi) is 5.70. The molecule has 2 aliphatic rings. The fraction of sp³-hybridized carbons (Fsp3) is 1.00. The quantitative estimate of drug-likeness (QED) is 0.748. The molecule has 2 heteroatoms. The van der Waals surface area contributed by atoms with Gasteiger partial charge in [0, 0.05) is 12.6 Å². The Morgan fingerprint density at radius 2 is 1.95 bits per heavy atom. The average molecular weight is 267 g/mol. The van der Waals surface area contributed by atoms with Gasteiger partial charge in [-0.2, -0.15) is 0 Å². The van der Waals surface area contributed by atoms with Crippen LogP contribution in [0.1, 0.15) is 72.1 Å². The van der Waals surface area contributed by atoms with E-state index in [1.54, 1.807) is 0 Å². The summed E-state index contributed by atoms with van der Waals surface area (Å²) in [7, 11) is 0. The van der Waals surface area contributed by atoms with Crippen LogP contribution in [0.5, 0.6) is 0 Å². The summed E-state index contributed by atoms with van der Waals surface area (Å²) >= 11 is 0. The standard InChI is InChI=1S/C17H33NO/c1-4-12-18-16-15(9-6-11-17(16,2)3)19-13-10-14-7-5-8-14/h14-16,18H,4-13H2,1-3H3. The summed E-state index contributed by atoms with van der Waals surface area (Å²) in [6, 6.07) is 0.544. The number of ether oxygens (including phenoxy) is 1. The van der Waals surface area contributed by atoms with Crippen molar-refractivity contribution in [2.45, 2.75) is 84.3 Å². The molecule has 0 bridgehead atoms. The van der Waals surface area contributed by atoms with Crippen molar-refractivity contribution < 1.29 is 4.74 Å². The lowest BCUT2D eigenvalue weighted by molar-refractivity contribution is -0.0431. The van der Waals surface area contributed by atoms with Crippen LogP contribution >= 0.6 is 0 Å². The van der Waals surface area contributed by atoms with Gasteiger partial charge in [-0.3, -0.25) is 0 Å². The maximum atomic E-state index is 6.27. The van der Waals surface area contributed by atoms with Crippen LogP contribution in [-0.4, -0.2) is 25.3 Å². The zero-order chi connectivity index (χ0) is 13.7. The largest absolute Gasteiger partial charge is 0.377 e. The van der Waals surface area contributed by atoms with Crippen molar-refractivity contribution >= 4 is 0 Å². The zero-order valence-electron chi connectivity index (χ0n) is 13.2. The second-order valence-electron chi connectivity index (χ2n) is 7.31. The van der Waals surface area contributed by atoms with Gasteiger partial charge in [0.1, 0.15) is 0 Å². The molecule has 2 unspecified atom stereocenters. The maximum Gasteiger partial charge on any atom is 0.0733 e. The van der Waals surface area contributed by atoms with Gasteiger partial charge in [-0.05, 0) is 43.6 Å². The normalized spacial score (nSPS) is 31.1. The van der Waals surface area contributed by atoms with E-state index in [4.69, 9.17) is 4.74 Å². The Bertz CT molecular complexity index is 260. The molecular formula is C17H33NO. The Morgan fingerprint density at radius 3 is 2.58 bits per heavy atom. The van der Waals surface area contributed by atoms with Crippen LogP contribution in [0.25, 0.3) is 0 Å². The molecule has 0 aliphatic heterocycles. The molecule has 0 aromatic rings. The van der Waals surface area contributed by atoms with Gasteiger partial charge in [0.05, 0.1) is 6.10 Å². The molecule has 2 nitrogen and oxygen atoms in total. The van der Waals surface area contributed by atoms with Crippen LogP contribution in [0.3, 0.4) is 0 Å². The SMILES string of the molecule is CCCNC1C(OCCC2CCC2)CCCC1(C)C. The highest BCUT2D eigenvalue weighted by Gasteiger charge is 2.39. The average Bonchev–Trinajstić information content (AvgIpc) is 2.30. The summed E-state index contributed by atoms with van der Waals surface area (Å²) in [5, 5.41) is 3.75. The molecular weight excluding hydrogens is 234 g/mol. The predicted octanol–water partition coefficient (Wildman–Crippen LogP) is 4.14. The van der Waals surface area contributed by atoms with E-state index >= 15 is 0 Å². The highest BCUT2D eigenvalue weighted by Crippen LogP contribution is 2.37. The minimum Gasteiger partial charge on any atom is -0.377 e. The van der Waals surface area contributed by atoms with Gasteiger partial charge in [0.2, 0.25) is 0 Å². The van der Waals surface area contributed by atoms with Crippen molar-refractivity contribution in [3.8, 4) is 0 Å². The molecule has 0 amide bonds. The molecule has 0 aromatic heterocycles. The third kappa shape index (κ3) is 4.19. The van der Waals surface area contributed by atoms with Gasteiger partial charge in [-0.15, -0.1) is 0 Å².